The van der Waals surface area contributed by atoms with Crippen LogP contribution in [0.25, 0.3) is 0 Å². The van der Waals surface area contributed by atoms with Crippen molar-refractivity contribution in [3.63, 3.8) is 0 Å². The van der Waals surface area contributed by atoms with Crippen molar-refractivity contribution in [3.05, 3.63) is 29.8 Å². The molecule has 1 aromatic carbocycles. The lowest BCUT2D eigenvalue weighted by molar-refractivity contribution is -0.145. The SMILES string of the molecule is COC(=O)[C@H](C)CN(C)[C@H]1CCN(c2c(F)cccc2F)C1=O. The molecule has 1 aromatic rings. The lowest BCUT2D eigenvalue weighted by Crippen LogP contribution is -2.43. The molecule has 0 radical (unpaired) electrons. The third-order valence-corrected chi connectivity index (χ3v) is 4.08. The van der Waals surface area contributed by atoms with Crippen LogP contribution in [-0.2, 0) is 14.3 Å². The smallest absolute Gasteiger partial charge is 0.309 e. The molecule has 126 valence electrons. The molecule has 1 aliphatic heterocycles. The quantitative estimate of drug-likeness (QED) is 0.775. The number of methoxy groups -OCH3 is 1. The number of benzene rings is 1. The fourth-order valence-corrected chi connectivity index (χ4v) is 2.88. The summed E-state index contributed by atoms with van der Waals surface area (Å²) in [5.41, 5.74) is -0.311. The van der Waals surface area contributed by atoms with Gasteiger partial charge in [0.1, 0.15) is 17.3 Å². The Morgan fingerprint density at radius 1 is 1.43 bits per heavy atom. The van der Waals surface area contributed by atoms with Crippen LogP contribution < -0.4 is 4.90 Å². The standard InChI is InChI=1S/C16H20F2N2O3/c1-10(16(22)23-3)9-19(2)13-7-8-20(15(13)21)14-11(17)5-4-6-12(14)18/h4-6,10,13H,7-9H2,1-3H3/t10-,13+/m1/s1. The van der Waals surface area contributed by atoms with E-state index in [9.17, 15) is 18.4 Å². The molecule has 1 fully saturated rings. The van der Waals surface area contributed by atoms with E-state index in [4.69, 9.17) is 0 Å². The first-order chi connectivity index (χ1) is 10.9. The first kappa shape index (κ1) is 17.3. The molecule has 0 aliphatic carbocycles. The highest BCUT2D eigenvalue weighted by Gasteiger charge is 2.38. The molecule has 5 nitrogen and oxygen atoms in total. The maximum Gasteiger partial charge on any atom is 0.309 e. The van der Waals surface area contributed by atoms with Crippen LogP contribution in [0, 0.1) is 17.6 Å². The monoisotopic (exact) mass is 326 g/mol. The van der Waals surface area contributed by atoms with Crippen LogP contribution >= 0.6 is 0 Å². The van der Waals surface area contributed by atoms with Crippen LogP contribution in [0.15, 0.2) is 18.2 Å². The van der Waals surface area contributed by atoms with Crippen molar-refractivity contribution in [2.45, 2.75) is 19.4 Å². The Morgan fingerprint density at radius 2 is 2.04 bits per heavy atom. The van der Waals surface area contributed by atoms with Gasteiger partial charge in [0.05, 0.1) is 19.1 Å². The minimum atomic E-state index is -0.760. The van der Waals surface area contributed by atoms with Crippen LogP contribution in [0.4, 0.5) is 14.5 Å². The van der Waals surface area contributed by atoms with E-state index in [1.807, 2.05) is 0 Å². The van der Waals surface area contributed by atoms with Crippen molar-refractivity contribution >= 4 is 17.6 Å². The molecule has 23 heavy (non-hydrogen) atoms. The summed E-state index contributed by atoms with van der Waals surface area (Å²) in [4.78, 5) is 26.8. The average Bonchev–Trinajstić information content (AvgIpc) is 2.88. The molecule has 0 N–H and O–H groups in total. The maximum absolute atomic E-state index is 13.9. The Morgan fingerprint density at radius 3 is 2.61 bits per heavy atom. The molecule has 1 aliphatic rings. The van der Waals surface area contributed by atoms with Crippen LogP contribution in [0.2, 0.25) is 0 Å². The van der Waals surface area contributed by atoms with E-state index < -0.39 is 23.6 Å². The number of hydrogen-bond acceptors (Lipinski definition) is 4. The summed E-state index contributed by atoms with van der Waals surface area (Å²) in [5.74, 6) is -2.64. The lowest BCUT2D eigenvalue weighted by Gasteiger charge is -2.25. The predicted molar refractivity (Wildman–Crippen MR) is 80.9 cm³/mol. The largest absolute Gasteiger partial charge is 0.469 e. The van der Waals surface area contributed by atoms with Gasteiger partial charge in [-0.05, 0) is 25.6 Å². The minimum Gasteiger partial charge on any atom is -0.469 e. The molecular weight excluding hydrogens is 306 g/mol. The first-order valence-electron chi connectivity index (χ1n) is 7.40. The number of amides is 1. The molecule has 1 heterocycles. The summed E-state index contributed by atoms with van der Waals surface area (Å²) in [7, 11) is 3.02. The molecule has 1 saturated heterocycles. The number of likely N-dealkylation sites (N-methyl/N-ethyl adjacent to an activating group) is 1. The van der Waals surface area contributed by atoms with Crippen LogP contribution in [-0.4, -0.2) is 50.1 Å². The van der Waals surface area contributed by atoms with E-state index in [2.05, 4.69) is 4.74 Å². The molecule has 7 heteroatoms. The average molecular weight is 326 g/mol. The molecule has 2 atom stereocenters. The van der Waals surface area contributed by atoms with Crippen molar-refractivity contribution in [3.8, 4) is 0 Å². The van der Waals surface area contributed by atoms with Crippen molar-refractivity contribution in [2.75, 3.05) is 32.1 Å². The van der Waals surface area contributed by atoms with Gasteiger partial charge in [-0.25, -0.2) is 8.78 Å². The lowest BCUT2D eigenvalue weighted by atomic mass is 10.1. The Bertz CT molecular complexity index is 589. The summed E-state index contributed by atoms with van der Waals surface area (Å²) in [6, 6.07) is 3.00. The highest BCUT2D eigenvalue weighted by Crippen LogP contribution is 2.29. The van der Waals surface area contributed by atoms with Gasteiger partial charge >= 0.3 is 5.97 Å². The molecule has 0 spiro atoms. The van der Waals surface area contributed by atoms with Gasteiger partial charge < -0.3 is 9.64 Å². The number of nitrogens with zero attached hydrogens (tertiary/aromatic N) is 2. The van der Waals surface area contributed by atoms with E-state index in [-0.39, 0.29) is 24.1 Å². The highest BCUT2D eigenvalue weighted by atomic mass is 19.1. The Labute approximate surface area is 133 Å². The summed E-state index contributed by atoms with van der Waals surface area (Å²) < 4.78 is 32.4. The fraction of sp³-hybridized carbons (Fsp3) is 0.500. The zero-order valence-corrected chi connectivity index (χ0v) is 13.4. The third kappa shape index (κ3) is 3.50. The van der Waals surface area contributed by atoms with Gasteiger partial charge in [0.25, 0.3) is 0 Å². The number of rotatable bonds is 5. The van der Waals surface area contributed by atoms with Crippen molar-refractivity contribution in [1.29, 1.82) is 0 Å². The van der Waals surface area contributed by atoms with E-state index in [1.165, 1.54) is 13.2 Å². The second-order valence-electron chi connectivity index (χ2n) is 5.73. The molecule has 2 rings (SSSR count). The van der Waals surface area contributed by atoms with Crippen LogP contribution in [0.5, 0.6) is 0 Å². The summed E-state index contributed by atoms with van der Waals surface area (Å²) in [6.45, 7) is 2.27. The van der Waals surface area contributed by atoms with Crippen LogP contribution in [0.1, 0.15) is 13.3 Å². The summed E-state index contributed by atoms with van der Waals surface area (Å²) in [6.07, 6.45) is 0.441. The second kappa shape index (κ2) is 7.04. The first-order valence-corrected chi connectivity index (χ1v) is 7.40. The van der Waals surface area contributed by atoms with Gasteiger partial charge in [-0.2, -0.15) is 0 Å². The number of esters is 1. The van der Waals surface area contributed by atoms with E-state index >= 15 is 0 Å². The second-order valence-corrected chi connectivity index (χ2v) is 5.73. The van der Waals surface area contributed by atoms with Gasteiger partial charge in [-0.15, -0.1) is 0 Å². The van der Waals surface area contributed by atoms with Gasteiger partial charge in [-0.1, -0.05) is 13.0 Å². The van der Waals surface area contributed by atoms with E-state index in [1.54, 1.807) is 18.9 Å². The number of halogens is 2. The van der Waals surface area contributed by atoms with Crippen molar-refractivity contribution < 1.29 is 23.1 Å². The Kier molecular flexibility index (Phi) is 5.30. The summed E-state index contributed by atoms with van der Waals surface area (Å²) >= 11 is 0. The zero-order valence-electron chi connectivity index (χ0n) is 13.4. The minimum absolute atomic E-state index is 0.234. The van der Waals surface area contributed by atoms with Crippen LogP contribution in [0.3, 0.4) is 0 Å². The number of carbonyl (C=O) groups is 2. The molecule has 1 amide bonds. The van der Waals surface area contributed by atoms with Gasteiger partial charge in [-0.3, -0.25) is 14.5 Å². The number of carbonyl (C=O) groups excluding carboxylic acids is 2. The van der Waals surface area contributed by atoms with E-state index in [0.29, 0.717) is 13.0 Å². The summed E-state index contributed by atoms with van der Waals surface area (Å²) in [5, 5.41) is 0. The zero-order chi connectivity index (χ0) is 17.1. The predicted octanol–water partition coefficient (Wildman–Crippen LogP) is 1.81. The Balaban J connectivity index is 2.11. The number of anilines is 1. The molecule has 0 saturated carbocycles. The third-order valence-electron chi connectivity index (χ3n) is 4.08. The number of para-hydroxylation sites is 1. The maximum atomic E-state index is 13.9. The molecule has 0 bridgehead atoms. The molecule has 0 aromatic heterocycles. The highest BCUT2D eigenvalue weighted by molar-refractivity contribution is 5.99. The normalized spacial score (nSPS) is 19.3. The Hall–Kier alpha value is -2.02. The van der Waals surface area contributed by atoms with Crippen molar-refractivity contribution in [2.24, 2.45) is 5.92 Å². The van der Waals surface area contributed by atoms with Gasteiger partial charge in [0.15, 0.2) is 0 Å². The van der Waals surface area contributed by atoms with Gasteiger partial charge in [0.2, 0.25) is 5.91 Å². The molecule has 0 unspecified atom stereocenters. The topological polar surface area (TPSA) is 49.9 Å². The van der Waals surface area contributed by atoms with Gasteiger partial charge in [0, 0.05) is 13.1 Å². The van der Waals surface area contributed by atoms with Crippen molar-refractivity contribution in [1.82, 2.24) is 4.90 Å². The molecular formula is C16H20F2N2O3. The number of hydrogen-bond donors (Lipinski definition) is 0. The number of ether oxygens (including phenoxy) is 1. The van der Waals surface area contributed by atoms with E-state index in [0.717, 1.165) is 17.0 Å². The fourth-order valence-electron chi connectivity index (χ4n) is 2.88.